The van der Waals surface area contributed by atoms with Gasteiger partial charge < -0.3 is 11.1 Å². The smallest absolute Gasteiger partial charge is 0.354 e. The molecule has 120 valence electrons. The number of nitrogens with zero attached hydrogens (tertiary/aromatic N) is 4. The molecular formula is C13H17F3N6. The Morgan fingerprint density at radius 2 is 2.05 bits per heavy atom. The zero-order chi connectivity index (χ0) is 16.3. The predicted octanol–water partition coefficient (Wildman–Crippen LogP) is 1.97. The third-order valence-corrected chi connectivity index (χ3v) is 2.97. The van der Waals surface area contributed by atoms with E-state index in [4.69, 9.17) is 5.73 Å². The first-order valence-electron chi connectivity index (χ1n) is 6.72. The number of hydrogen-bond donors (Lipinski definition) is 2. The van der Waals surface area contributed by atoms with E-state index in [-0.39, 0.29) is 11.6 Å². The summed E-state index contributed by atoms with van der Waals surface area (Å²) >= 11 is 0. The van der Waals surface area contributed by atoms with E-state index in [0.29, 0.717) is 30.8 Å². The van der Waals surface area contributed by atoms with Gasteiger partial charge in [-0.05, 0) is 26.0 Å². The Bertz CT molecular complexity index is 650. The van der Waals surface area contributed by atoms with E-state index in [1.807, 2.05) is 0 Å². The van der Waals surface area contributed by atoms with Gasteiger partial charge in [0.05, 0.1) is 11.4 Å². The van der Waals surface area contributed by atoms with Crippen LogP contribution in [0.25, 0.3) is 11.3 Å². The summed E-state index contributed by atoms with van der Waals surface area (Å²) in [5.41, 5.74) is 5.70. The van der Waals surface area contributed by atoms with E-state index in [0.717, 1.165) is 6.07 Å². The summed E-state index contributed by atoms with van der Waals surface area (Å²) in [5, 5.41) is 6.89. The van der Waals surface area contributed by atoms with Crippen molar-refractivity contribution in [3.8, 4) is 11.3 Å². The van der Waals surface area contributed by atoms with Crippen LogP contribution < -0.4 is 11.1 Å². The lowest BCUT2D eigenvalue weighted by Crippen LogP contribution is -2.14. The molecular weight excluding hydrogens is 297 g/mol. The summed E-state index contributed by atoms with van der Waals surface area (Å²) < 4.78 is 40.5. The third-order valence-electron chi connectivity index (χ3n) is 2.97. The van der Waals surface area contributed by atoms with Crippen molar-refractivity contribution in [1.29, 1.82) is 0 Å². The Morgan fingerprint density at radius 3 is 2.59 bits per heavy atom. The molecule has 0 aromatic carbocycles. The summed E-state index contributed by atoms with van der Waals surface area (Å²) in [7, 11) is 1.70. The molecule has 6 nitrogen and oxygen atoms in total. The average molecular weight is 314 g/mol. The number of nitrogens with one attached hydrogen (secondary N) is 1. The molecule has 0 spiro atoms. The molecule has 0 aliphatic rings. The number of rotatable bonds is 5. The minimum atomic E-state index is -4.54. The molecule has 2 rings (SSSR count). The molecule has 0 saturated heterocycles. The highest BCUT2D eigenvalue weighted by Crippen LogP contribution is 2.31. The van der Waals surface area contributed by atoms with Crippen LogP contribution >= 0.6 is 0 Å². The van der Waals surface area contributed by atoms with Crippen molar-refractivity contribution in [3.63, 3.8) is 0 Å². The second-order valence-electron chi connectivity index (χ2n) is 4.83. The van der Waals surface area contributed by atoms with E-state index in [9.17, 15) is 13.2 Å². The summed E-state index contributed by atoms with van der Waals surface area (Å²) in [6, 6.07) is 0.929. The number of halogens is 3. The lowest BCUT2D eigenvalue weighted by molar-refractivity contribution is -0.141. The Kier molecular flexibility index (Phi) is 4.65. The normalized spacial score (nSPS) is 11.7. The number of alkyl halides is 3. The Balaban J connectivity index is 2.44. The molecule has 2 aromatic rings. The van der Waals surface area contributed by atoms with E-state index >= 15 is 0 Å². The van der Waals surface area contributed by atoms with Gasteiger partial charge in [-0.25, -0.2) is 9.97 Å². The molecule has 0 fully saturated rings. The number of nitrogens with two attached hydrogens (primary N) is 1. The van der Waals surface area contributed by atoms with Crippen LogP contribution in [0.1, 0.15) is 17.8 Å². The number of aromatic nitrogens is 4. The fourth-order valence-corrected chi connectivity index (χ4v) is 1.96. The van der Waals surface area contributed by atoms with Crippen molar-refractivity contribution in [2.45, 2.75) is 19.5 Å². The molecule has 2 aromatic heterocycles. The number of aryl methyl sites for hydroxylation is 2. The SMILES string of the molecule is Cc1nn(C)cc1-c1cc(C(F)(F)F)nc(NCCCN)n1. The Morgan fingerprint density at radius 1 is 1.32 bits per heavy atom. The van der Waals surface area contributed by atoms with Crippen LogP contribution in [-0.2, 0) is 13.2 Å². The monoisotopic (exact) mass is 314 g/mol. The first-order valence-corrected chi connectivity index (χ1v) is 6.72. The lowest BCUT2D eigenvalue weighted by atomic mass is 10.1. The zero-order valence-electron chi connectivity index (χ0n) is 12.3. The van der Waals surface area contributed by atoms with Gasteiger partial charge in [-0.3, -0.25) is 4.68 Å². The minimum absolute atomic E-state index is 0.0680. The van der Waals surface area contributed by atoms with Gasteiger partial charge in [0.1, 0.15) is 0 Å². The van der Waals surface area contributed by atoms with Crippen molar-refractivity contribution in [3.05, 3.63) is 23.7 Å². The highest BCUT2D eigenvalue weighted by Gasteiger charge is 2.34. The number of hydrogen-bond acceptors (Lipinski definition) is 5. The molecule has 0 unspecified atom stereocenters. The summed E-state index contributed by atoms with van der Waals surface area (Å²) in [6.45, 7) is 2.55. The van der Waals surface area contributed by atoms with Crippen molar-refractivity contribution < 1.29 is 13.2 Å². The number of anilines is 1. The topological polar surface area (TPSA) is 81.7 Å². The van der Waals surface area contributed by atoms with Gasteiger partial charge in [-0.1, -0.05) is 0 Å². The second-order valence-corrected chi connectivity index (χ2v) is 4.83. The van der Waals surface area contributed by atoms with E-state index in [1.165, 1.54) is 4.68 Å². The lowest BCUT2D eigenvalue weighted by Gasteiger charge is -2.11. The molecule has 22 heavy (non-hydrogen) atoms. The average Bonchev–Trinajstić information content (AvgIpc) is 2.77. The molecule has 0 aliphatic heterocycles. The molecule has 0 bridgehead atoms. The van der Waals surface area contributed by atoms with Crippen molar-refractivity contribution in [2.24, 2.45) is 12.8 Å². The van der Waals surface area contributed by atoms with E-state index < -0.39 is 11.9 Å². The minimum Gasteiger partial charge on any atom is -0.354 e. The van der Waals surface area contributed by atoms with Crippen LogP contribution in [0, 0.1) is 6.92 Å². The standard InChI is InChI=1S/C13H17F3N6/c1-8-9(7-22(2)21-8)10-6-11(13(14,15)16)20-12(19-10)18-5-3-4-17/h6-7H,3-5,17H2,1-2H3,(H,18,19,20). The zero-order valence-corrected chi connectivity index (χ0v) is 12.3. The van der Waals surface area contributed by atoms with Crippen LogP contribution in [0.4, 0.5) is 19.1 Å². The van der Waals surface area contributed by atoms with Gasteiger partial charge in [0, 0.05) is 25.4 Å². The molecule has 0 saturated carbocycles. The maximum absolute atomic E-state index is 13.0. The quantitative estimate of drug-likeness (QED) is 0.825. The van der Waals surface area contributed by atoms with Gasteiger partial charge in [-0.15, -0.1) is 0 Å². The van der Waals surface area contributed by atoms with Crippen molar-refractivity contribution in [1.82, 2.24) is 19.7 Å². The van der Waals surface area contributed by atoms with Crippen molar-refractivity contribution in [2.75, 3.05) is 18.4 Å². The van der Waals surface area contributed by atoms with Crippen LogP contribution in [0.2, 0.25) is 0 Å². The summed E-state index contributed by atoms with van der Waals surface area (Å²) in [4.78, 5) is 7.67. The van der Waals surface area contributed by atoms with Crippen LogP contribution in [0.5, 0.6) is 0 Å². The molecule has 0 aliphatic carbocycles. The summed E-state index contributed by atoms with van der Waals surface area (Å²) in [6.07, 6.45) is -2.31. The van der Waals surface area contributed by atoms with Crippen molar-refractivity contribution >= 4 is 5.95 Å². The molecule has 3 N–H and O–H groups in total. The molecule has 0 radical (unpaired) electrons. The fraction of sp³-hybridized carbons (Fsp3) is 0.462. The first-order chi connectivity index (χ1) is 10.3. The van der Waals surface area contributed by atoms with Crippen LogP contribution in [-0.4, -0.2) is 32.8 Å². The molecule has 0 amide bonds. The van der Waals surface area contributed by atoms with Gasteiger partial charge in [0.15, 0.2) is 5.69 Å². The Labute approximate surface area is 125 Å². The maximum Gasteiger partial charge on any atom is 0.433 e. The van der Waals surface area contributed by atoms with Gasteiger partial charge in [0.2, 0.25) is 5.95 Å². The Hall–Kier alpha value is -2.16. The predicted molar refractivity (Wildman–Crippen MR) is 76.1 cm³/mol. The maximum atomic E-state index is 13.0. The van der Waals surface area contributed by atoms with E-state index in [2.05, 4.69) is 20.4 Å². The largest absolute Gasteiger partial charge is 0.433 e. The molecule has 9 heteroatoms. The van der Waals surface area contributed by atoms with Crippen LogP contribution in [0.3, 0.4) is 0 Å². The molecule has 2 heterocycles. The first kappa shape index (κ1) is 16.2. The van der Waals surface area contributed by atoms with Crippen LogP contribution in [0.15, 0.2) is 12.3 Å². The highest BCUT2D eigenvalue weighted by molar-refractivity contribution is 5.62. The highest BCUT2D eigenvalue weighted by atomic mass is 19.4. The fourth-order valence-electron chi connectivity index (χ4n) is 1.96. The van der Waals surface area contributed by atoms with Gasteiger partial charge in [0.25, 0.3) is 0 Å². The van der Waals surface area contributed by atoms with Gasteiger partial charge >= 0.3 is 6.18 Å². The molecule has 0 atom stereocenters. The third kappa shape index (κ3) is 3.73. The second kappa shape index (κ2) is 6.30. The summed E-state index contributed by atoms with van der Waals surface area (Å²) in [5.74, 6) is -0.0680. The van der Waals surface area contributed by atoms with E-state index in [1.54, 1.807) is 20.2 Å². The van der Waals surface area contributed by atoms with Gasteiger partial charge in [-0.2, -0.15) is 18.3 Å².